The minimum atomic E-state index is -0.907. The molecule has 0 radical (unpaired) electrons. The highest BCUT2D eigenvalue weighted by Crippen LogP contribution is 1.95. The average molecular weight is 182 g/mol. The van der Waals surface area contributed by atoms with E-state index in [-0.39, 0.29) is 0 Å². The zero-order valence-corrected chi connectivity index (χ0v) is 7.77. The van der Waals surface area contributed by atoms with Crippen molar-refractivity contribution in [2.45, 2.75) is 0 Å². The van der Waals surface area contributed by atoms with Gasteiger partial charge in [-0.1, -0.05) is 18.2 Å². The third kappa shape index (κ3) is 6.68. The molecule has 0 aliphatic heterocycles. The predicted octanol–water partition coefficient (Wildman–Crippen LogP) is 1.49. The van der Waals surface area contributed by atoms with Crippen molar-refractivity contribution < 1.29 is 9.90 Å². The Bertz CT molecular complexity index is 247. The van der Waals surface area contributed by atoms with E-state index >= 15 is 0 Å². The number of amides is 1. The van der Waals surface area contributed by atoms with Gasteiger partial charge in [0.15, 0.2) is 0 Å². The van der Waals surface area contributed by atoms with Gasteiger partial charge in [0.2, 0.25) is 0 Å². The molecule has 72 valence electrons. The zero-order chi connectivity index (χ0) is 10.3. The first kappa shape index (κ1) is 11.3. The number of carbonyl (C=O) groups is 1. The van der Waals surface area contributed by atoms with Crippen LogP contribution in [0.15, 0.2) is 30.3 Å². The van der Waals surface area contributed by atoms with E-state index in [1.807, 2.05) is 30.3 Å². The molecule has 0 aliphatic carbocycles. The fraction of sp³-hybridized carbons (Fsp3) is 0.222. The molecule has 1 aromatic rings. The Morgan fingerprint density at radius 3 is 1.85 bits per heavy atom. The molecule has 1 rings (SSSR count). The van der Waals surface area contributed by atoms with E-state index in [0.717, 1.165) is 10.6 Å². The van der Waals surface area contributed by atoms with E-state index < -0.39 is 6.09 Å². The molecular formula is C9H14N2O2. The van der Waals surface area contributed by atoms with Gasteiger partial charge in [0.25, 0.3) is 0 Å². The van der Waals surface area contributed by atoms with Gasteiger partial charge in [-0.15, -0.1) is 0 Å². The maximum absolute atomic E-state index is 9.62. The fourth-order valence-electron chi connectivity index (χ4n) is 0.453. The number of carboxylic acid groups (broad SMARTS) is 1. The van der Waals surface area contributed by atoms with Gasteiger partial charge in [-0.3, -0.25) is 0 Å². The molecule has 4 nitrogen and oxygen atoms in total. The Balaban J connectivity index is 0.000000226. The summed E-state index contributed by atoms with van der Waals surface area (Å²) in [6, 6.07) is 9.49. The highest BCUT2D eigenvalue weighted by molar-refractivity contribution is 5.63. The van der Waals surface area contributed by atoms with Crippen LogP contribution >= 0.6 is 0 Å². The molecule has 1 aromatic carbocycles. The van der Waals surface area contributed by atoms with Crippen molar-refractivity contribution in [1.82, 2.24) is 4.90 Å². The third-order valence-electron chi connectivity index (χ3n) is 1.18. The first-order valence-electron chi connectivity index (χ1n) is 3.75. The van der Waals surface area contributed by atoms with Gasteiger partial charge in [0.1, 0.15) is 0 Å². The Morgan fingerprint density at radius 2 is 1.69 bits per heavy atom. The van der Waals surface area contributed by atoms with Crippen molar-refractivity contribution in [2.24, 2.45) is 0 Å². The lowest BCUT2D eigenvalue weighted by Gasteiger charge is -1.99. The molecular weight excluding hydrogens is 168 g/mol. The maximum atomic E-state index is 9.62. The molecule has 4 heteroatoms. The molecule has 0 bridgehead atoms. The van der Waals surface area contributed by atoms with Crippen molar-refractivity contribution in [3.63, 3.8) is 0 Å². The Hall–Kier alpha value is -1.71. The largest absolute Gasteiger partial charge is 0.465 e. The second-order valence-corrected chi connectivity index (χ2v) is 2.59. The molecule has 0 spiro atoms. The number of nitrogens with two attached hydrogens (primary N) is 1. The summed E-state index contributed by atoms with van der Waals surface area (Å²) in [6.07, 6.45) is -0.907. The second-order valence-electron chi connectivity index (χ2n) is 2.59. The van der Waals surface area contributed by atoms with Crippen LogP contribution in [0.25, 0.3) is 0 Å². The number of hydrogen-bond acceptors (Lipinski definition) is 2. The summed E-state index contributed by atoms with van der Waals surface area (Å²) in [5.74, 6) is 0. The number of rotatable bonds is 0. The Kier molecular flexibility index (Phi) is 5.11. The molecule has 0 saturated carbocycles. The van der Waals surface area contributed by atoms with E-state index in [1.165, 1.54) is 14.1 Å². The van der Waals surface area contributed by atoms with E-state index in [1.54, 1.807) is 0 Å². The summed E-state index contributed by atoms with van der Waals surface area (Å²) in [5, 5.41) is 7.92. The van der Waals surface area contributed by atoms with Crippen molar-refractivity contribution in [3.8, 4) is 0 Å². The van der Waals surface area contributed by atoms with Gasteiger partial charge in [-0.05, 0) is 12.1 Å². The molecule has 0 aliphatic rings. The molecule has 3 N–H and O–H groups in total. The zero-order valence-electron chi connectivity index (χ0n) is 7.77. The smallest absolute Gasteiger partial charge is 0.406 e. The molecule has 0 heterocycles. The number of nitrogens with zero attached hydrogens (tertiary/aromatic N) is 1. The molecule has 0 unspecified atom stereocenters. The number of nitrogen functional groups attached to an aromatic ring is 1. The highest BCUT2D eigenvalue weighted by Gasteiger charge is 1.91. The van der Waals surface area contributed by atoms with Crippen LogP contribution in [-0.4, -0.2) is 30.2 Å². The van der Waals surface area contributed by atoms with Crippen molar-refractivity contribution in [3.05, 3.63) is 30.3 Å². The molecule has 0 saturated heterocycles. The van der Waals surface area contributed by atoms with Gasteiger partial charge >= 0.3 is 6.09 Å². The molecule has 0 atom stereocenters. The van der Waals surface area contributed by atoms with Crippen LogP contribution in [0.1, 0.15) is 0 Å². The molecule has 13 heavy (non-hydrogen) atoms. The van der Waals surface area contributed by atoms with Crippen LogP contribution in [0, 0.1) is 0 Å². The van der Waals surface area contributed by atoms with Crippen molar-refractivity contribution in [1.29, 1.82) is 0 Å². The second kappa shape index (κ2) is 5.88. The predicted molar refractivity (Wildman–Crippen MR) is 52.6 cm³/mol. The number of para-hydroxylation sites is 1. The number of benzene rings is 1. The summed E-state index contributed by atoms with van der Waals surface area (Å²) >= 11 is 0. The lowest BCUT2D eigenvalue weighted by molar-refractivity contribution is 0.165. The number of hydrogen-bond donors (Lipinski definition) is 2. The van der Waals surface area contributed by atoms with E-state index in [2.05, 4.69) is 0 Å². The molecule has 0 aromatic heterocycles. The van der Waals surface area contributed by atoms with E-state index in [9.17, 15) is 4.79 Å². The van der Waals surface area contributed by atoms with Gasteiger partial charge in [-0.25, -0.2) is 4.79 Å². The standard InChI is InChI=1S/C6H7N.C3H7NO2/c7-6-4-2-1-3-5-6;1-4(2)3(5)6/h1-5H,7H2;1-2H3,(H,5,6). The van der Waals surface area contributed by atoms with Crippen LogP contribution in [0.2, 0.25) is 0 Å². The monoisotopic (exact) mass is 182 g/mol. The Morgan fingerprint density at radius 1 is 1.31 bits per heavy atom. The summed E-state index contributed by atoms with van der Waals surface area (Å²) in [7, 11) is 2.95. The SMILES string of the molecule is CN(C)C(=O)O.Nc1ccccc1. The van der Waals surface area contributed by atoms with Crippen LogP contribution in [0.3, 0.4) is 0 Å². The summed E-state index contributed by atoms with van der Waals surface area (Å²) in [4.78, 5) is 10.7. The summed E-state index contributed by atoms with van der Waals surface area (Å²) in [5.41, 5.74) is 6.18. The minimum Gasteiger partial charge on any atom is -0.465 e. The van der Waals surface area contributed by atoms with Crippen LogP contribution in [0.4, 0.5) is 10.5 Å². The van der Waals surface area contributed by atoms with Crippen molar-refractivity contribution >= 4 is 11.8 Å². The van der Waals surface area contributed by atoms with Crippen molar-refractivity contribution in [2.75, 3.05) is 19.8 Å². The van der Waals surface area contributed by atoms with Crippen LogP contribution < -0.4 is 5.73 Å². The third-order valence-corrected chi connectivity index (χ3v) is 1.18. The first-order valence-corrected chi connectivity index (χ1v) is 3.75. The quantitative estimate of drug-likeness (QED) is 0.597. The summed E-state index contributed by atoms with van der Waals surface area (Å²) < 4.78 is 0. The van der Waals surface area contributed by atoms with E-state index in [4.69, 9.17) is 10.8 Å². The highest BCUT2D eigenvalue weighted by atomic mass is 16.4. The van der Waals surface area contributed by atoms with Gasteiger partial charge < -0.3 is 15.7 Å². The van der Waals surface area contributed by atoms with Crippen LogP contribution in [-0.2, 0) is 0 Å². The molecule has 1 amide bonds. The topological polar surface area (TPSA) is 66.6 Å². The lowest BCUT2D eigenvalue weighted by Crippen LogP contribution is -2.18. The average Bonchev–Trinajstić information content (AvgIpc) is 2.06. The number of anilines is 1. The summed E-state index contributed by atoms with van der Waals surface area (Å²) in [6.45, 7) is 0. The van der Waals surface area contributed by atoms with Gasteiger partial charge in [0.05, 0.1) is 0 Å². The van der Waals surface area contributed by atoms with E-state index in [0.29, 0.717) is 0 Å². The lowest BCUT2D eigenvalue weighted by atomic mass is 10.3. The minimum absolute atomic E-state index is 0.822. The normalized spacial score (nSPS) is 8.15. The first-order chi connectivity index (χ1) is 6.04. The fourth-order valence-corrected chi connectivity index (χ4v) is 0.453. The Labute approximate surface area is 77.6 Å². The molecule has 0 fully saturated rings. The van der Waals surface area contributed by atoms with Gasteiger partial charge in [0, 0.05) is 19.8 Å². The van der Waals surface area contributed by atoms with Gasteiger partial charge in [-0.2, -0.15) is 0 Å². The van der Waals surface area contributed by atoms with Crippen LogP contribution in [0.5, 0.6) is 0 Å². The maximum Gasteiger partial charge on any atom is 0.406 e.